The number of halogens is 1. The molecule has 3 aromatic carbocycles. The normalized spacial score (nSPS) is 10.5. The lowest BCUT2D eigenvalue weighted by Gasteiger charge is -2.24. The van der Waals surface area contributed by atoms with E-state index in [1.165, 1.54) is 7.11 Å². The van der Waals surface area contributed by atoms with Gasteiger partial charge in [0, 0.05) is 31.4 Å². The van der Waals surface area contributed by atoms with Gasteiger partial charge in [0.15, 0.2) is 11.5 Å². The second kappa shape index (κ2) is 13.4. The van der Waals surface area contributed by atoms with Crippen molar-refractivity contribution in [2.24, 2.45) is 0 Å². The maximum absolute atomic E-state index is 13.5. The van der Waals surface area contributed by atoms with Crippen molar-refractivity contribution in [3.63, 3.8) is 0 Å². The first-order chi connectivity index (χ1) is 19.0. The fraction of sp³-hybridized carbons (Fsp3) is 0.194. The highest BCUT2D eigenvalue weighted by atomic mass is 35.5. The molecule has 0 aliphatic rings. The molecule has 1 aromatic heterocycles. The van der Waals surface area contributed by atoms with Gasteiger partial charge in [0.05, 0.1) is 30.4 Å². The zero-order valence-corrected chi connectivity index (χ0v) is 22.6. The highest BCUT2D eigenvalue weighted by Gasteiger charge is 2.20. The summed E-state index contributed by atoms with van der Waals surface area (Å²) in [6.45, 7) is 1.10. The molecule has 0 aliphatic carbocycles. The molecule has 0 radical (unpaired) electrons. The molecule has 0 bridgehead atoms. The van der Waals surface area contributed by atoms with Crippen molar-refractivity contribution >= 4 is 23.5 Å². The summed E-state index contributed by atoms with van der Waals surface area (Å²) in [4.78, 5) is 31.3. The molecule has 0 unspecified atom stereocenters. The lowest BCUT2D eigenvalue weighted by atomic mass is 10.1. The van der Waals surface area contributed by atoms with Crippen LogP contribution < -0.4 is 9.47 Å². The van der Waals surface area contributed by atoms with Gasteiger partial charge in [0.1, 0.15) is 6.61 Å². The lowest BCUT2D eigenvalue weighted by molar-refractivity contribution is 0.0600. The van der Waals surface area contributed by atoms with Gasteiger partial charge in [-0.05, 0) is 59.7 Å². The van der Waals surface area contributed by atoms with E-state index in [0.717, 1.165) is 16.8 Å². The van der Waals surface area contributed by atoms with Crippen LogP contribution in [0.15, 0.2) is 91.1 Å². The lowest BCUT2D eigenvalue weighted by Crippen LogP contribution is -2.32. The summed E-state index contributed by atoms with van der Waals surface area (Å²) in [7, 11) is 2.92. The molecule has 4 rings (SSSR count). The summed E-state index contributed by atoms with van der Waals surface area (Å²) >= 11 is 6.35. The minimum absolute atomic E-state index is 0.161. The largest absolute Gasteiger partial charge is 0.493 e. The maximum Gasteiger partial charge on any atom is 0.337 e. The Morgan fingerprint density at radius 1 is 0.872 bits per heavy atom. The van der Waals surface area contributed by atoms with E-state index in [1.54, 1.807) is 54.6 Å². The first-order valence-corrected chi connectivity index (χ1v) is 12.8. The summed E-state index contributed by atoms with van der Waals surface area (Å²) in [6.07, 6.45) is 2.34. The summed E-state index contributed by atoms with van der Waals surface area (Å²) in [5, 5.41) is 0.409. The van der Waals surface area contributed by atoms with Crippen LogP contribution in [-0.2, 0) is 24.3 Å². The van der Waals surface area contributed by atoms with E-state index in [-0.39, 0.29) is 11.9 Å². The highest BCUT2D eigenvalue weighted by molar-refractivity contribution is 6.33. The van der Waals surface area contributed by atoms with E-state index in [4.69, 9.17) is 25.8 Å². The number of hydrogen-bond acceptors (Lipinski definition) is 6. The van der Waals surface area contributed by atoms with Gasteiger partial charge in [-0.15, -0.1) is 0 Å². The molecule has 0 saturated carbocycles. The number of carbonyl (C=O) groups is 2. The minimum atomic E-state index is -0.387. The average Bonchev–Trinajstić information content (AvgIpc) is 2.98. The Morgan fingerprint density at radius 2 is 1.62 bits per heavy atom. The van der Waals surface area contributed by atoms with Gasteiger partial charge in [0.25, 0.3) is 5.91 Å². The molecule has 0 atom stereocenters. The van der Waals surface area contributed by atoms with Gasteiger partial charge in [-0.3, -0.25) is 9.78 Å². The van der Waals surface area contributed by atoms with Crippen LogP contribution in [0.5, 0.6) is 11.5 Å². The predicted molar refractivity (Wildman–Crippen MR) is 149 cm³/mol. The van der Waals surface area contributed by atoms with E-state index in [2.05, 4.69) is 4.98 Å². The number of hydrogen-bond donors (Lipinski definition) is 0. The summed E-state index contributed by atoms with van der Waals surface area (Å²) < 4.78 is 16.3. The van der Waals surface area contributed by atoms with Crippen molar-refractivity contribution in [1.82, 2.24) is 9.88 Å². The van der Waals surface area contributed by atoms with Gasteiger partial charge < -0.3 is 19.1 Å². The third-order valence-electron chi connectivity index (χ3n) is 6.13. The van der Waals surface area contributed by atoms with Crippen LogP contribution in [0.1, 0.15) is 37.5 Å². The molecule has 4 aromatic rings. The van der Waals surface area contributed by atoms with Gasteiger partial charge in [-0.1, -0.05) is 48.0 Å². The molecule has 0 aliphatic heterocycles. The van der Waals surface area contributed by atoms with E-state index in [9.17, 15) is 9.59 Å². The number of carbonyl (C=O) groups excluding carboxylic acids is 2. The predicted octanol–water partition coefficient (Wildman–Crippen LogP) is 5.99. The molecule has 8 heteroatoms. The quantitative estimate of drug-likeness (QED) is 0.216. The first kappa shape index (κ1) is 27.7. The number of methoxy groups -OCH3 is 2. The molecular weight excluding hydrogens is 516 g/mol. The summed E-state index contributed by atoms with van der Waals surface area (Å²) in [6, 6.07) is 25.4. The Hall–Kier alpha value is -4.36. The smallest absolute Gasteiger partial charge is 0.337 e. The zero-order chi connectivity index (χ0) is 27.6. The standard InChI is InChI=1S/C31H29ClN2O5/c1-37-29-19-23(12-15-28(29)39-21-22-10-13-24(14-11-22)31(36)38-2)20-34(18-16-25-7-5-6-17-33-25)30(35)26-8-3-4-9-27(26)32/h3-15,17,19H,16,18,20-21H2,1-2H3. The molecule has 0 saturated heterocycles. The Labute approximate surface area is 232 Å². The van der Waals surface area contributed by atoms with Crippen molar-refractivity contribution < 1.29 is 23.8 Å². The van der Waals surface area contributed by atoms with Gasteiger partial charge in [-0.25, -0.2) is 4.79 Å². The van der Waals surface area contributed by atoms with Crippen LogP contribution in [0.2, 0.25) is 5.02 Å². The van der Waals surface area contributed by atoms with Crippen LogP contribution in [0, 0.1) is 0 Å². The summed E-state index contributed by atoms with van der Waals surface area (Å²) in [5.74, 6) is 0.567. The number of esters is 1. The molecule has 0 spiro atoms. The molecule has 1 amide bonds. The Kier molecular flexibility index (Phi) is 9.53. The molecule has 0 fully saturated rings. The van der Waals surface area contributed by atoms with Crippen LogP contribution in [-0.4, -0.2) is 42.5 Å². The second-order valence-electron chi connectivity index (χ2n) is 8.74. The third kappa shape index (κ3) is 7.36. The number of ether oxygens (including phenoxy) is 3. The zero-order valence-electron chi connectivity index (χ0n) is 21.8. The van der Waals surface area contributed by atoms with E-state index < -0.39 is 0 Å². The fourth-order valence-corrected chi connectivity index (χ4v) is 4.24. The van der Waals surface area contributed by atoms with Crippen molar-refractivity contribution in [3.8, 4) is 11.5 Å². The number of aromatic nitrogens is 1. The van der Waals surface area contributed by atoms with Gasteiger partial charge in [-0.2, -0.15) is 0 Å². The number of nitrogens with zero attached hydrogens (tertiary/aromatic N) is 2. The number of benzene rings is 3. The maximum atomic E-state index is 13.5. The van der Waals surface area contributed by atoms with Crippen LogP contribution in [0.3, 0.4) is 0 Å². The van der Waals surface area contributed by atoms with E-state index in [1.807, 2.05) is 48.5 Å². The van der Waals surface area contributed by atoms with Gasteiger partial charge in [0.2, 0.25) is 0 Å². The van der Waals surface area contributed by atoms with Crippen LogP contribution in [0.25, 0.3) is 0 Å². The SMILES string of the molecule is COC(=O)c1ccc(COc2ccc(CN(CCc3ccccn3)C(=O)c3ccccc3Cl)cc2OC)cc1. The first-order valence-electron chi connectivity index (χ1n) is 12.4. The Balaban J connectivity index is 1.49. The van der Waals surface area contributed by atoms with Crippen molar-refractivity contribution in [2.75, 3.05) is 20.8 Å². The molecule has 7 nitrogen and oxygen atoms in total. The highest BCUT2D eigenvalue weighted by Crippen LogP contribution is 2.30. The molecular formula is C31H29ClN2O5. The Bertz CT molecular complexity index is 1410. The monoisotopic (exact) mass is 544 g/mol. The molecule has 39 heavy (non-hydrogen) atoms. The van der Waals surface area contributed by atoms with Crippen molar-refractivity contribution in [2.45, 2.75) is 19.6 Å². The molecule has 1 heterocycles. The third-order valence-corrected chi connectivity index (χ3v) is 6.46. The molecule has 0 N–H and O–H groups in total. The number of rotatable bonds is 11. The van der Waals surface area contributed by atoms with Crippen LogP contribution >= 0.6 is 11.6 Å². The van der Waals surface area contributed by atoms with Crippen LogP contribution in [0.4, 0.5) is 0 Å². The summed E-state index contributed by atoms with van der Waals surface area (Å²) in [5.41, 5.74) is 3.59. The number of amides is 1. The van der Waals surface area contributed by atoms with Crippen molar-refractivity contribution in [3.05, 3.63) is 124 Å². The van der Waals surface area contributed by atoms with Gasteiger partial charge >= 0.3 is 5.97 Å². The van der Waals surface area contributed by atoms with E-state index in [0.29, 0.717) is 53.8 Å². The number of pyridine rings is 1. The topological polar surface area (TPSA) is 78.0 Å². The fourth-order valence-electron chi connectivity index (χ4n) is 4.02. The van der Waals surface area contributed by atoms with E-state index >= 15 is 0 Å². The second-order valence-corrected chi connectivity index (χ2v) is 9.15. The molecule has 200 valence electrons. The minimum Gasteiger partial charge on any atom is -0.493 e. The van der Waals surface area contributed by atoms with Crippen molar-refractivity contribution in [1.29, 1.82) is 0 Å². The Morgan fingerprint density at radius 3 is 2.31 bits per heavy atom. The average molecular weight is 545 g/mol.